The minimum absolute atomic E-state index is 0.0208. The van der Waals surface area contributed by atoms with Crippen molar-refractivity contribution < 1.29 is 60.5 Å². The zero-order valence-corrected chi connectivity index (χ0v) is 26.0. The minimum atomic E-state index is -5.08. The van der Waals surface area contributed by atoms with Gasteiger partial charge in [-0.05, 0) is 63.5 Å². The number of hydrogen-bond donors (Lipinski definition) is 7. The third kappa shape index (κ3) is 15.3. The van der Waals surface area contributed by atoms with Crippen LogP contribution in [-0.2, 0) is 30.4 Å². The molecule has 272 valence electrons. The molecule has 1 saturated heterocycles. The van der Waals surface area contributed by atoms with E-state index in [4.69, 9.17) is 27.1 Å². The van der Waals surface area contributed by atoms with Gasteiger partial charge in [0.15, 0.2) is 0 Å². The van der Waals surface area contributed by atoms with Gasteiger partial charge >= 0.3 is 24.3 Å². The highest BCUT2D eigenvalue weighted by Crippen LogP contribution is 2.24. The van der Waals surface area contributed by atoms with E-state index in [0.29, 0.717) is 19.4 Å². The number of carbonyl (C=O) groups excluding carboxylic acids is 3. The number of carbonyl (C=O) groups is 5. The third-order valence-electron chi connectivity index (χ3n) is 7.42. The second kappa shape index (κ2) is 19.1. The number of likely N-dealkylation sites (tertiary alicyclic amines) is 1. The highest BCUT2D eigenvalue weighted by molar-refractivity contribution is 5.93. The predicted molar refractivity (Wildman–Crippen MR) is 159 cm³/mol. The molecule has 1 aromatic carbocycles. The summed E-state index contributed by atoms with van der Waals surface area (Å²) in [5, 5.41) is 21.6. The van der Waals surface area contributed by atoms with E-state index in [0.717, 1.165) is 5.56 Å². The van der Waals surface area contributed by atoms with Crippen molar-refractivity contribution in [2.24, 2.45) is 17.2 Å². The molecule has 1 aliphatic heterocycles. The Morgan fingerprint density at radius 3 is 1.85 bits per heavy atom. The Balaban J connectivity index is 0.00000148. The average Bonchev–Trinajstić information content (AvgIpc) is 2.99. The molecule has 2 rings (SSSR count). The Morgan fingerprint density at radius 1 is 0.854 bits per heavy atom. The van der Waals surface area contributed by atoms with Gasteiger partial charge < -0.3 is 42.9 Å². The first-order valence-corrected chi connectivity index (χ1v) is 15.0. The quantitative estimate of drug-likeness (QED) is 0.103. The second-order valence-corrected chi connectivity index (χ2v) is 11.3. The van der Waals surface area contributed by atoms with Gasteiger partial charge in [-0.3, -0.25) is 19.2 Å². The van der Waals surface area contributed by atoms with Crippen molar-refractivity contribution >= 4 is 29.7 Å². The monoisotopic (exact) mass is 700 g/mol. The van der Waals surface area contributed by atoms with Crippen LogP contribution in [0.2, 0.25) is 0 Å². The Kier molecular flexibility index (Phi) is 16.8. The molecule has 19 heteroatoms. The summed E-state index contributed by atoms with van der Waals surface area (Å²) in [5.74, 6) is -5.91. The van der Waals surface area contributed by atoms with Gasteiger partial charge in [0.2, 0.25) is 17.7 Å². The Bertz CT molecular complexity index is 1210. The molecule has 1 aromatic rings. The van der Waals surface area contributed by atoms with Crippen LogP contribution in [0.15, 0.2) is 30.3 Å². The first-order valence-electron chi connectivity index (χ1n) is 15.0. The van der Waals surface area contributed by atoms with Gasteiger partial charge in [0.25, 0.3) is 0 Å². The molecule has 0 radical (unpaired) electrons. The van der Waals surface area contributed by atoms with Gasteiger partial charge in [-0.25, -0.2) is 4.79 Å². The molecule has 10 N–H and O–H groups in total. The lowest BCUT2D eigenvalue weighted by Crippen LogP contribution is -2.60. The highest BCUT2D eigenvalue weighted by atomic mass is 19.4. The fourth-order valence-electron chi connectivity index (χ4n) is 4.60. The third-order valence-corrected chi connectivity index (χ3v) is 7.42. The molecule has 48 heavy (non-hydrogen) atoms. The van der Waals surface area contributed by atoms with Crippen molar-refractivity contribution in [3.05, 3.63) is 35.9 Å². The number of halogens is 6. The maximum atomic E-state index is 13.3. The number of carboxylic acid groups (broad SMARTS) is 2. The first-order chi connectivity index (χ1) is 22.2. The summed E-state index contributed by atoms with van der Waals surface area (Å²) in [4.78, 5) is 61.2. The largest absolute Gasteiger partial charge is 0.490 e. The first kappa shape index (κ1) is 42.1. The van der Waals surface area contributed by atoms with Crippen LogP contribution in [0.1, 0.15) is 56.9 Å². The highest BCUT2D eigenvalue weighted by Gasteiger charge is 2.41. The normalized spacial score (nSPS) is 16.4. The maximum Gasteiger partial charge on any atom is 0.490 e. The lowest BCUT2D eigenvalue weighted by Gasteiger charge is -2.38. The number of carboxylic acids is 2. The van der Waals surface area contributed by atoms with E-state index >= 15 is 0 Å². The number of alkyl halides is 6. The molecule has 1 heterocycles. The molecule has 1 unspecified atom stereocenters. The molecule has 0 bridgehead atoms. The van der Waals surface area contributed by atoms with E-state index in [-0.39, 0.29) is 45.2 Å². The van der Waals surface area contributed by atoms with Crippen LogP contribution in [0.3, 0.4) is 0 Å². The van der Waals surface area contributed by atoms with Crippen LogP contribution in [-0.4, -0.2) is 100 Å². The minimum Gasteiger partial charge on any atom is -0.480 e. The Labute approximate surface area is 272 Å². The molecule has 1 fully saturated rings. The van der Waals surface area contributed by atoms with Gasteiger partial charge in [0, 0.05) is 19.5 Å². The molecule has 0 aromatic heterocycles. The average molecular weight is 701 g/mol. The zero-order valence-electron chi connectivity index (χ0n) is 26.0. The molecule has 13 nitrogen and oxygen atoms in total. The number of rotatable bonds is 15. The van der Waals surface area contributed by atoms with Crippen LogP contribution >= 0.6 is 0 Å². The maximum absolute atomic E-state index is 13.3. The van der Waals surface area contributed by atoms with Crippen molar-refractivity contribution in [1.82, 2.24) is 15.5 Å². The number of nitrogens with one attached hydrogen (secondary N) is 2. The fraction of sp³-hybridized carbons (Fsp3) is 0.621. The van der Waals surface area contributed by atoms with E-state index in [2.05, 4.69) is 10.6 Å². The molecule has 0 spiro atoms. The standard InChI is InChI=1S/C27H41F3N6O5.C2HF3O2/c28-27(29,30)11-6-10-20(34-22(37)19(32)17-18-7-2-1-3-8-18)23(38)35-21(9-4-5-14-31)24(39)36-15-12-26(33,13-16-36)25(40)41;3-2(4,5)1(6)7/h1-3,7-8,19-21H,4-6,9-17,31-33H2,(H,34,37)(H,35,38)(H,40,41);(H,6,7)/t19-,20?,21-;/m1./s1. The van der Waals surface area contributed by atoms with Crippen LogP contribution < -0.4 is 27.8 Å². The summed E-state index contributed by atoms with van der Waals surface area (Å²) in [7, 11) is 0. The smallest absolute Gasteiger partial charge is 0.480 e. The predicted octanol–water partition coefficient (Wildman–Crippen LogP) is 1.43. The number of aliphatic carboxylic acids is 2. The fourth-order valence-corrected chi connectivity index (χ4v) is 4.60. The number of amides is 3. The summed E-state index contributed by atoms with van der Waals surface area (Å²) in [6.45, 7) is 0.470. The van der Waals surface area contributed by atoms with Crippen molar-refractivity contribution in [3.8, 4) is 0 Å². The lowest BCUT2D eigenvalue weighted by molar-refractivity contribution is -0.192. The topological polar surface area (TPSA) is 231 Å². The SMILES string of the molecule is NCCCC[C@@H](NC(=O)C(CCCC(F)(F)F)NC(=O)[C@H](N)Cc1ccccc1)C(=O)N1CCC(N)(C(=O)O)CC1.O=C(O)C(F)(F)F. The van der Waals surface area contributed by atoms with Crippen molar-refractivity contribution in [2.75, 3.05) is 19.6 Å². The van der Waals surface area contributed by atoms with Crippen LogP contribution in [0.5, 0.6) is 0 Å². The number of unbranched alkanes of at least 4 members (excludes halogenated alkanes) is 1. The number of nitrogens with zero attached hydrogens (tertiary/aromatic N) is 1. The Morgan fingerprint density at radius 2 is 1.38 bits per heavy atom. The zero-order chi connectivity index (χ0) is 36.7. The lowest BCUT2D eigenvalue weighted by atomic mass is 9.88. The number of benzene rings is 1. The van der Waals surface area contributed by atoms with Crippen molar-refractivity contribution in [3.63, 3.8) is 0 Å². The van der Waals surface area contributed by atoms with Gasteiger partial charge in [-0.15, -0.1) is 0 Å². The molecular weight excluding hydrogens is 658 g/mol. The summed E-state index contributed by atoms with van der Waals surface area (Å²) in [6.07, 6.45) is -10.0. The number of nitrogens with two attached hydrogens (primary N) is 3. The van der Waals surface area contributed by atoms with Crippen molar-refractivity contribution in [1.29, 1.82) is 0 Å². The van der Waals surface area contributed by atoms with Gasteiger partial charge in [-0.1, -0.05) is 30.3 Å². The van der Waals surface area contributed by atoms with Crippen LogP contribution in [0, 0.1) is 0 Å². The van der Waals surface area contributed by atoms with E-state index in [1.165, 1.54) is 4.90 Å². The summed E-state index contributed by atoms with van der Waals surface area (Å²) >= 11 is 0. The molecule has 1 aliphatic rings. The number of hydrogen-bond acceptors (Lipinski definition) is 8. The summed E-state index contributed by atoms with van der Waals surface area (Å²) < 4.78 is 70.2. The van der Waals surface area contributed by atoms with Gasteiger partial charge in [0.1, 0.15) is 17.6 Å². The second-order valence-electron chi connectivity index (χ2n) is 11.3. The summed E-state index contributed by atoms with van der Waals surface area (Å²) in [5.41, 5.74) is 16.8. The molecule has 3 amide bonds. The molecule has 0 aliphatic carbocycles. The summed E-state index contributed by atoms with van der Waals surface area (Å²) in [6, 6.07) is 5.40. The van der Waals surface area contributed by atoms with E-state index in [1.807, 2.05) is 0 Å². The van der Waals surface area contributed by atoms with Crippen LogP contribution in [0.25, 0.3) is 0 Å². The van der Waals surface area contributed by atoms with Gasteiger partial charge in [-0.2, -0.15) is 26.3 Å². The van der Waals surface area contributed by atoms with Crippen LogP contribution in [0.4, 0.5) is 26.3 Å². The van der Waals surface area contributed by atoms with E-state index in [1.54, 1.807) is 30.3 Å². The van der Waals surface area contributed by atoms with E-state index < -0.39 is 78.5 Å². The van der Waals surface area contributed by atoms with E-state index in [9.17, 15) is 50.6 Å². The number of piperidine rings is 1. The molecule has 0 saturated carbocycles. The Hall–Kier alpha value is -3.97. The van der Waals surface area contributed by atoms with Gasteiger partial charge in [0.05, 0.1) is 6.04 Å². The van der Waals surface area contributed by atoms with Crippen molar-refractivity contribution in [2.45, 2.75) is 93.8 Å². The molecule has 3 atom stereocenters. The molecular formula is C29H42F6N6O7.